The van der Waals surface area contributed by atoms with Crippen LogP contribution in [0, 0.1) is 5.82 Å². The minimum atomic E-state index is -0.300. The molecule has 148 valence electrons. The van der Waals surface area contributed by atoms with Crippen LogP contribution in [-0.2, 0) is 0 Å². The van der Waals surface area contributed by atoms with Crippen molar-refractivity contribution >= 4 is 17.4 Å². The molecule has 2 aromatic carbocycles. The zero-order chi connectivity index (χ0) is 20.1. The van der Waals surface area contributed by atoms with Crippen LogP contribution in [0.15, 0.2) is 60.8 Å². The number of aromatic nitrogens is 2. The van der Waals surface area contributed by atoms with Gasteiger partial charge in [0.15, 0.2) is 5.82 Å². The summed E-state index contributed by atoms with van der Waals surface area (Å²) in [4.78, 5) is 21.3. The van der Waals surface area contributed by atoms with Crippen LogP contribution in [0.3, 0.4) is 0 Å². The van der Waals surface area contributed by atoms with Crippen LogP contribution >= 0.6 is 0 Å². The summed E-state index contributed by atoms with van der Waals surface area (Å²) in [5.41, 5.74) is 2.12. The minimum absolute atomic E-state index is 0.0461. The zero-order valence-corrected chi connectivity index (χ0v) is 16.1. The van der Waals surface area contributed by atoms with Crippen molar-refractivity contribution in [2.75, 3.05) is 5.32 Å². The van der Waals surface area contributed by atoms with E-state index in [4.69, 9.17) is 0 Å². The average Bonchev–Trinajstić information content (AvgIpc) is 2.75. The number of carbonyl (C=O) groups excluding carboxylic acids is 1. The maximum absolute atomic E-state index is 13.1. The van der Waals surface area contributed by atoms with Crippen LogP contribution in [-0.4, -0.2) is 21.9 Å². The summed E-state index contributed by atoms with van der Waals surface area (Å²) in [6.45, 7) is 0. The first kappa shape index (κ1) is 19.1. The van der Waals surface area contributed by atoms with Crippen LogP contribution in [0.4, 0.5) is 15.9 Å². The van der Waals surface area contributed by atoms with Gasteiger partial charge in [-0.3, -0.25) is 4.79 Å². The van der Waals surface area contributed by atoms with Crippen molar-refractivity contribution in [3.05, 3.63) is 72.2 Å². The quantitative estimate of drug-likeness (QED) is 0.637. The molecular formula is C23H23FN4O. The number of hydrogen-bond donors (Lipinski definition) is 2. The number of rotatable bonds is 5. The molecule has 1 aliphatic carbocycles. The number of carbonyl (C=O) groups is 1. The van der Waals surface area contributed by atoms with Gasteiger partial charge in [-0.05, 0) is 61.4 Å². The fourth-order valence-corrected chi connectivity index (χ4v) is 3.57. The van der Waals surface area contributed by atoms with Crippen molar-refractivity contribution in [1.82, 2.24) is 15.3 Å². The Morgan fingerprint density at radius 1 is 1.00 bits per heavy atom. The zero-order valence-electron chi connectivity index (χ0n) is 16.1. The molecule has 3 aromatic rings. The Morgan fingerprint density at radius 3 is 2.59 bits per heavy atom. The Labute approximate surface area is 169 Å². The van der Waals surface area contributed by atoms with E-state index in [0.29, 0.717) is 17.2 Å². The summed E-state index contributed by atoms with van der Waals surface area (Å²) in [5.74, 6) is 0.756. The first-order valence-corrected chi connectivity index (χ1v) is 9.94. The molecule has 1 amide bonds. The molecule has 0 aliphatic heterocycles. The minimum Gasteiger partial charge on any atom is -0.349 e. The molecule has 0 atom stereocenters. The Bertz CT molecular complexity index is 984. The fourth-order valence-electron chi connectivity index (χ4n) is 3.57. The van der Waals surface area contributed by atoms with Crippen LogP contribution in [0.5, 0.6) is 0 Å². The van der Waals surface area contributed by atoms with E-state index >= 15 is 0 Å². The van der Waals surface area contributed by atoms with Crippen LogP contribution in [0.25, 0.3) is 11.4 Å². The van der Waals surface area contributed by atoms with Crippen LogP contribution in [0.1, 0.15) is 42.5 Å². The molecule has 5 nitrogen and oxygen atoms in total. The highest BCUT2D eigenvalue weighted by Gasteiger charge is 2.16. The number of nitrogens with one attached hydrogen (secondary N) is 2. The first-order valence-electron chi connectivity index (χ1n) is 9.94. The summed E-state index contributed by atoms with van der Waals surface area (Å²) in [6.07, 6.45) is 7.36. The first-order chi connectivity index (χ1) is 14.2. The number of nitrogens with zero attached hydrogens (tertiary/aromatic N) is 2. The van der Waals surface area contributed by atoms with Crippen molar-refractivity contribution < 1.29 is 9.18 Å². The largest absolute Gasteiger partial charge is 0.349 e. The van der Waals surface area contributed by atoms with Gasteiger partial charge in [-0.15, -0.1) is 0 Å². The Hall–Kier alpha value is -3.28. The molecule has 1 heterocycles. The lowest BCUT2D eigenvalue weighted by molar-refractivity contribution is 0.0927. The number of halogens is 1. The van der Waals surface area contributed by atoms with Gasteiger partial charge in [0, 0.05) is 29.1 Å². The Balaban J connectivity index is 1.47. The molecule has 0 spiro atoms. The highest BCUT2D eigenvalue weighted by molar-refractivity contribution is 5.95. The second kappa shape index (κ2) is 8.82. The van der Waals surface area contributed by atoms with Crippen LogP contribution < -0.4 is 10.6 Å². The maximum Gasteiger partial charge on any atom is 0.251 e. The van der Waals surface area contributed by atoms with Gasteiger partial charge in [-0.25, -0.2) is 14.4 Å². The van der Waals surface area contributed by atoms with E-state index in [9.17, 15) is 9.18 Å². The highest BCUT2D eigenvalue weighted by Crippen LogP contribution is 2.21. The van der Waals surface area contributed by atoms with Crippen molar-refractivity contribution in [2.24, 2.45) is 0 Å². The summed E-state index contributed by atoms with van der Waals surface area (Å²) >= 11 is 0. The summed E-state index contributed by atoms with van der Waals surface area (Å²) in [5, 5.41) is 6.36. The monoisotopic (exact) mass is 390 g/mol. The standard InChI is InChI=1S/C23H23FN4O/c24-18-11-9-16(10-12-18)22-25-14-13-21(28-22)26-20-8-4-5-17(15-20)23(29)27-19-6-2-1-3-7-19/h4-5,8-15,19H,1-3,6-7H2,(H,27,29)(H,25,26,28). The predicted molar refractivity (Wildman–Crippen MR) is 111 cm³/mol. The molecule has 1 aromatic heterocycles. The second-order valence-electron chi connectivity index (χ2n) is 7.29. The lowest BCUT2D eigenvalue weighted by Crippen LogP contribution is -2.36. The second-order valence-corrected chi connectivity index (χ2v) is 7.29. The van der Waals surface area contributed by atoms with Crippen molar-refractivity contribution in [1.29, 1.82) is 0 Å². The summed E-state index contributed by atoms with van der Waals surface area (Å²) in [6, 6.07) is 15.4. The molecule has 1 aliphatic rings. The molecule has 0 saturated heterocycles. The molecule has 6 heteroatoms. The summed E-state index contributed by atoms with van der Waals surface area (Å²) in [7, 11) is 0. The van der Waals surface area contributed by atoms with Gasteiger partial charge in [0.1, 0.15) is 11.6 Å². The van der Waals surface area contributed by atoms with E-state index in [1.807, 2.05) is 24.3 Å². The number of hydrogen-bond acceptors (Lipinski definition) is 4. The molecule has 29 heavy (non-hydrogen) atoms. The van der Waals surface area contributed by atoms with Gasteiger partial charge >= 0.3 is 0 Å². The Kier molecular flexibility index (Phi) is 5.79. The van der Waals surface area contributed by atoms with Crippen LogP contribution in [0.2, 0.25) is 0 Å². The molecule has 0 bridgehead atoms. The Morgan fingerprint density at radius 2 is 1.79 bits per heavy atom. The van der Waals surface area contributed by atoms with Crippen molar-refractivity contribution in [3.8, 4) is 11.4 Å². The number of anilines is 2. The topological polar surface area (TPSA) is 66.9 Å². The van der Waals surface area contributed by atoms with E-state index in [1.165, 1.54) is 31.4 Å². The number of amides is 1. The average molecular weight is 390 g/mol. The number of benzene rings is 2. The van der Waals surface area contributed by atoms with Crippen molar-refractivity contribution in [3.63, 3.8) is 0 Å². The molecule has 4 rings (SSSR count). The molecule has 1 fully saturated rings. The van der Waals surface area contributed by atoms with Gasteiger partial charge < -0.3 is 10.6 Å². The molecule has 2 N–H and O–H groups in total. The third-order valence-corrected chi connectivity index (χ3v) is 5.10. The third-order valence-electron chi connectivity index (χ3n) is 5.10. The molecule has 0 unspecified atom stereocenters. The highest BCUT2D eigenvalue weighted by atomic mass is 19.1. The lowest BCUT2D eigenvalue weighted by Gasteiger charge is -2.22. The molecule has 0 radical (unpaired) electrons. The van der Waals surface area contributed by atoms with E-state index in [2.05, 4.69) is 20.6 Å². The van der Waals surface area contributed by atoms with E-state index < -0.39 is 0 Å². The van der Waals surface area contributed by atoms with E-state index in [0.717, 1.165) is 24.1 Å². The van der Waals surface area contributed by atoms with E-state index in [-0.39, 0.29) is 17.8 Å². The van der Waals surface area contributed by atoms with E-state index in [1.54, 1.807) is 24.4 Å². The fraction of sp³-hybridized carbons (Fsp3) is 0.261. The van der Waals surface area contributed by atoms with Gasteiger partial charge in [0.25, 0.3) is 5.91 Å². The molecular weight excluding hydrogens is 367 g/mol. The van der Waals surface area contributed by atoms with Crippen molar-refractivity contribution in [2.45, 2.75) is 38.1 Å². The van der Waals surface area contributed by atoms with Gasteiger partial charge in [0.05, 0.1) is 0 Å². The lowest BCUT2D eigenvalue weighted by atomic mass is 9.95. The normalized spacial score (nSPS) is 14.4. The third kappa shape index (κ3) is 4.96. The SMILES string of the molecule is O=C(NC1CCCCC1)c1cccc(Nc2ccnc(-c3ccc(F)cc3)n2)c1. The smallest absolute Gasteiger partial charge is 0.251 e. The maximum atomic E-state index is 13.1. The van der Waals surface area contributed by atoms with Gasteiger partial charge in [-0.2, -0.15) is 0 Å². The van der Waals surface area contributed by atoms with Gasteiger partial charge in [0.2, 0.25) is 0 Å². The molecule has 1 saturated carbocycles. The summed E-state index contributed by atoms with van der Waals surface area (Å²) < 4.78 is 13.1. The predicted octanol–water partition coefficient (Wildman–Crippen LogP) is 5.09. The van der Waals surface area contributed by atoms with Gasteiger partial charge in [-0.1, -0.05) is 25.3 Å².